The van der Waals surface area contributed by atoms with E-state index in [0.717, 1.165) is 17.7 Å². The third kappa shape index (κ3) is 5.00. The van der Waals surface area contributed by atoms with Crippen LogP contribution in [-0.4, -0.2) is 30.1 Å². The van der Waals surface area contributed by atoms with E-state index >= 15 is 0 Å². The van der Waals surface area contributed by atoms with Crippen LogP contribution in [0.3, 0.4) is 0 Å². The van der Waals surface area contributed by atoms with Gasteiger partial charge in [-0.15, -0.1) is 11.3 Å². The quantitative estimate of drug-likeness (QED) is 0.578. The topological polar surface area (TPSA) is 77.5 Å². The summed E-state index contributed by atoms with van der Waals surface area (Å²) in [6.45, 7) is 3.62. The molecule has 29 heavy (non-hydrogen) atoms. The Morgan fingerprint density at radius 2 is 1.86 bits per heavy atom. The van der Waals surface area contributed by atoms with E-state index in [1.54, 1.807) is 24.3 Å². The number of amides is 1. The third-order valence-electron chi connectivity index (χ3n) is 4.37. The molecule has 1 heterocycles. The summed E-state index contributed by atoms with van der Waals surface area (Å²) >= 11 is 1.32. The largest absolute Gasteiger partial charge is 0.496 e. The minimum atomic E-state index is -0.983. The van der Waals surface area contributed by atoms with Gasteiger partial charge >= 0.3 is 5.97 Å². The summed E-state index contributed by atoms with van der Waals surface area (Å²) < 4.78 is 10.4. The monoisotopic (exact) mass is 410 g/mol. The van der Waals surface area contributed by atoms with Gasteiger partial charge in [-0.25, -0.2) is 9.78 Å². The lowest BCUT2D eigenvalue weighted by Crippen LogP contribution is -2.30. The van der Waals surface area contributed by atoms with Crippen molar-refractivity contribution in [1.82, 2.24) is 4.98 Å². The number of hydrogen-bond acceptors (Lipinski definition) is 6. The second kappa shape index (κ2) is 9.34. The van der Waals surface area contributed by atoms with Gasteiger partial charge in [-0.2, -0.15) is 0 Å². The van der Waals surface area contributed by atoms with Crippen molar-refractivity contribution in [2.24, 2.45) is 0 Å². The maximum Gasteiger partial charge on any atom is 0.342 e. The molecule has 3 aromatic rings. The van der Waals surface area contributed by atoms with E-state index in [-0.39, 0.29) is 5.56 Å². The fraction of sp³-hybridized carbons (Fsp3) is 0.227. The Kier molecular flexibility index (Phi) is 6.61. The number of hydrogen-bond donors (Lipinski definition) is 1. The van der Waals surface area contributed by atoms with Crippen LogP contribution in [0, 0.1) is 0 Å². The normalized spacial score (nSPS) is 11.6. The van der Waals surface area contributed by atoms with E-state index in [2.05, 4.69) is 29.4 Å². The van der Waals surface area contributed by atoms with Gasteiger partial charge in [-0.05, 0) is 31.0 Å². The highest BCUT2D eigenvalue weighted by Gasteiger charge is 2.22. The Bertz CT molecular complexity index is 998. The first kappa shape index (κ1) is 20.5. The number of carbonyl (C=O) groups is 2. The van der Waals surface area contributed by atoms with Crippen LogP contribution in [0.5, 0.6) is 5.75 Å². The molecule has 0 aliphatic carbocycles. The smallest absolute Gasteiger partial charge is 0.342 e. The summed E-state index contributed by atoms with van der Waals surface area (Å²) in [5.41, 5.74) is 3.28. The van der Waals surface area contributed by atoms with Crippen LogP contribution in [-0.2, 0) is 16.0 Å². The number of ether oxygens (including phenoxy) is 2. The average Bonchev–Trinajstić information content (AvgIpc) is 3.22. The molecule has 2 aromatic carbocycles. The summed E-state index contributed by atoms with van der Waals surface area (Å²) in [5.74, 6) is -0.680. The van der Waals surface area contributed by atoms with Crippen LogP contribution in [0.25, 0.3) is 11.3 Å². The number of carbonyl (C=O) groups excluding carboxylic acids is 2. The summed E-state index contributed by atoms with van der Waals surface area (Å²) in [7, 11) is 1.47. The Balaban J connectivity index is 1.62. The van der Waals surface area contributed by atoms with Crippen molar-refractivity contribution < 1.29 is 19.1 Å². The number of esters is 1. The van der Waals surface area contributed by atoms with Crippen LogP contribution in [0.2, 0.25) is 0 Å². The summed E-state index contributed by atoms with van der Waals surface area (Å²) in [6.07, 6.45) is -0.00647. The van der Waals surface area contributed by atoms with E-state index in [0.29, 0.717) is 10.9 Å². The fourth-order valence-electron chi connectivity index (χ4n) is 2.67. The van der Waals surface area contributed by atoms with Gasteiger partial charge in [0.15, 0.2) is 11.2 Å². The summed E-state index contributed by atoms with van der Waals surface area (Å²) in [6, 6.07) is 14.8. The molecule has 1 atom stereocenters. The van der Waals surface area contributed by atoms with Gasteiger partial charge in [0.25, 0.3) is 5.91 Å². The van der Waals surface area contributed by atoms with Crippen molar-refractivity contribution in [3.05, 3.63) is 65.0 Å². The van der Waals surface area contributed by atoms with Gasteiger partial charge in [0.05, 0.1) is 12.8 Å². The molecule has 0 bridgehead atoms. The van der Waals surface area contributed by atoms with Crippen LogP contribution >= 0.6 is 11.3 Å². The molecule has 1 amide bonds. The number of rotatable bonds is 7. The maximum absolute atomic E-state index is 12.4. The van der Waals surface area contributed by atoms with Gasteiger partial charge in [-0.3, -0.25) is 10.1 Å². The van der Waals surface area contributed by atoms with E-state index in [9.17, 15) is 9.59 Å². The molecular weight excluding hydrogens is 388 g/mol. The van der Waals surface area contributed by atoms with Crippen molar-refractivity contribution in [2.45, 2.75) is 26.4 Å². The molecule has 1 aromatic heterocycles. The molecule has 0 fully saturated rings. The molecule has 0 aliphatic heterocycles. The van der Waals surface area contributed by atoms with Crippen molar-refractivity contribution in [2.75, 3.05) is 12.4 Å². The molecular formula is C22H22N2O4S. The Morgan fingerprint density at radius 3 is 2.55 bits per heavy atom. The Hall–Kier alpha value is -3.19. The number of anilines is 1. The minimum absolute atomic E-state index is 0.265. The fourth-order valence-corrected chi connectivity index (χ4v) is 3.40. The number of methoxy groups -OCH3 is 1. The first-order chi connectivity index (χ1) is 14.0. The van der Waals surface area contributed by atoms with Gasteiger partial charge in [0.2, 0.25) is 0 Å². The molecule has 7 heteroatoms. The number of thiazole rings is 1. The maximum atomic E-state index is 12.4. The Labute approximate surface area is 173 Å². The number of aryl methyl sites for hydroxylation is 1. The molecule has 0 radical (unpaired) electrons. The molecule has 1 N–H and O–H groups in total. The molecule has 0 saturated heterocycles. The lowest BCUT2D eigenvalue weighted by Gasteiger charge is -2.13. The summed E-state index contributed by atoms with van der Waals surface area (Å²) in [4.78, 5) is 29.2. The standard InChI is InChI=1S/C22H22N2O4S/c1-4-15-9-11-16(12-10-15)18-13-29-22(23-18)24-20(25)14(2)28-21(26)17-7-5-6-8-19(17)27-3/h5-14H,4H2,1-3H3,(H,23,24,25)/t14-/m0/s1. The highest BCUT2D eigenvalue weighted by atomic mass is 32.1. The predicted molar refractivity (Wildman–Crippen MR) is 113 cm³/mol. The van der Waals surface area contributed by atoms with Crippen LogP contribution in [0.15, 0.2) is 53.9 Å². The number of para-hydroxylation sites is 1. The molecule has 0 spiro atoms. The van der Waals surface area contributed by atoms with Crippen molar-refractivity contribution in [3.8, 4) is 17.0 Å². The second-order valence-corrected chi connectivity index (χ2v) is 7.18. The van der Waals surface area contributed by atoms with Gasteiger partial charge in [-0.1, -0.05) is 43.3 Å². The van der Waals surface area contributed by atoms with Crippen molar-refractivity contribution >= 4 is 28.3 Å². The first-order valence-electron chi connectivity index (χ1n) is 9.21. The van der Waals surface area contributed by atoms with Crippen LogP contribution < -0.4 is 10.1 Å². The number of benzene rings is 2. The zero-order valence-electron chi connectivity index (χ0n) is 16.5. The molecule has 0 aliphatic rings. The zero-order chi connectivity index (χ0) is 20.8. The van der Waals surface area contributed by atoms with E-state index < -0.39 is 18.0 Å². The van der Waals surface area contributed by atoms with Crippen LogP contribution in [0.1, 0.15) is 29.8 Å². The van der Waals surface area contributed by atoms with Gasteiger partial charge < -0.3 is 9.47 Å². The molecule has 3 rings (SSSR count). The van der Waals surface area contributed by atoms with Crippen molar-refractivity contribution in [3.63, 3.8) is 0 Å². The molecule has 150 valence electrons. The lowest BCUT2D eigenvalue weighted by atomic mass is 10.1. The summed E-state index contributed by atoms with van der Waals surface area (Å²) in [5, 5.41) is 5.03. The third-order valence-corrected chi connectivity index (χ3v) is 5.13. The highest BCUT2D eigenvalue weighted by Crippen LogP contribution is 2.25. The molecule has 6 nitrogen and oxygen atoms in total. The van der Waals surface area contributed by atoms with Crippen molar-refractivity contribution in [1.29, 1.82) is 0 Å². The first-order valence-corrected chi connectivity index (χ1v) is 10.1. The second-order valence-electron chi connectivity index (χ2n) is 6.33. The number of nitrogens with one attached hydrogen (secondary N) is 1. The zero-order valence-corrected chi connectivity index (χ0v) is 17.3. The van der Waals surface area contributed by atoms with Gasteiger partial charge in [0, 0.05) is 10.9 Å². The Morgan fingerprint density at radius 1 is 1.14 bits per heavy atom. The minimum Gasteiger partial charge on any atom is -0.496 e. The van der Waals surface area contributed by atoms with Gasteiger partial charge in [0.1, 0.15) is 11.3 Å². The van der Waals surface area contributed by atoms with E-state index in [1.807, 2.05) is 17.5 Å². The molecule has 0 saturated carbocycles. The highest BCUT2D eigenvalue weighted by molar-refractivity contribution is 7.14. The number of nitrogens with zero attached hydrogens (tertiary/aromatic N) is 1. The lowest BCUT2D eigenvalue weighted by molar-refractivity contribution is -0.123. The van der Waals surface area contributed by atoms with E-state index in [1.165, 1.54) is 30.9 Å². The average molecular weight is 410 g/mol. The predicted octanol–water partition coefficient (Wildman–Crippen LogP) is 4.57. The number of aromatic nitrogens is 1. The molecule has 0 unspecified atom stereocenters. The van der Waals surface area contributed by atoms with E-state index in [4.69, 9.17) is 9.47 Å². The SMILES string of the molecule is CCc1ccc(-c2csc(NC(=O)[C@H](C)OC(=O)c3ccccc3OC)n2)cc1. The van der Waals surface area contributed by atoms with Crippen LogP contribution in [0.4, 0.5) is 5.13 Å².